The first-order valence-corrected chi connectivity index (χ1v) is 5.09. The van der Waals surface area contributed by atoms with E-state index in [-0.39, 0.29) is 6.10 Å². The predicted octanol–water partition coefficient (Wildman–Crippen LogP) is -0.0593. The Hall–Kier alpha value is -2.28. The fourth-order valence-corrected chi connectivity index (χ4v) is 1.18. The van der Waals surface area contributed by atoms with E-state index in [1.807, 2.05) is 24.3 Å². The zero-order valence-corrected chi connectivity index (χ0v) is 9.41. The molecule has 1 aromatic carbocycles. The van der Waals surface area contributed by atoms with Gasteiger partial charge in [-0.25, -0.2) is 9.59 Å². The van der Waals surface area contributed by atoms with E-state index in [9.17, 15) is 0 Å². The lowest BCUT2D eigenvalue weighted by atomic mass is 10.2. The molecule has 0 aromatic heterocycles. The molecule has 1 aliphatic heterocycles. The Kier molecular flexibility index (Phi) is 4.94. The zero-order chi connectivity index (χ0) is 13.5. The number of benzene rings is 1. The molecule has 7 nitrogen and oxygen atoms in total. The van der Waals surface area contributed by atoms with Gasteiger partial charge in [0.05, 0.1) is 0 Å². The first-order chi connectivity index (χ1) is 8.54. The average Bonchev–Trinajstić information content (AvgIpc) is 2.38. The van der Waals surface area contributed by atoms with Crippen LogP contribution in [0, 0.1) is 0 Å². The second-order valence-electron chi connectivity index (χ2n) is 3.34. The fourth-order valence-electron chi connectivity index (χ4n) is 1.18. The van der Waals surface area contributed by atoms with Gasteiger partial charge < -0.3 is 25.4 Å². The van der Waals surface area contributed by atoms with Crippen LogP contribution in [0.25, 0.3) is 0 Å². The normalized spacial score (nSPS) is 16.2. The molecule has 0 fully saturated rings. The molecule has 1 atom stereocenters. The number of carboxylic acid groups (broad SMARTS) is 2. The third-order valence-corrected chi connectivity index (χ3v) is 2.01. The SMILES string of the molecule is NCC1COc2ccccc2O1.O=C(O)C(=O)O. The molecule has 4 N–H and O–H groups in total. The summed E-state index contributed by atoms with van der Waals surface area (Å²) in [6, 6.07) is 7.62. The number of rotatable bonds is 1. The third-order valence-electron chi connectivity index (χ3n) is 2.01. The Labute approximate surface area is 103 Å². The van der Waals surface area contributed by atoms with Crippen LogP contribution in [0.1, 0.15) is 0 Å². The van der Waals surface area contributed by atoms with Gasteiger partial charge in [0, 0.05) is 6.54 Å². The van der Waals surface area contributed by atoms with Crippen molar-refractivity contribution in [1.82, 2.24) is 0 Å². The van der Waals surface area contributed by atoms with Crippen LogP contribution >= 0.6 is 0 Å². The Morgan fingerprint density at radius 2 is 1.78 bits per heavy atom. The number of aliphatic carboxylic acids is 2. The van der Waals surface area contributed by atoms with E-state index < -0.39 is 11.9 Å². The molecule has 2 rings (SSSR count). The summed E-state index contributed by atoms with van der Waals surface area (Å²) in [7, 11) is 0. The van der Waals surface area contributed by atoms with Crippen LogP contribution in [-0.2, 0) is 9.59 Å². The standard InChI is InChI=1S/C9H11NO2.C2H2O4/c10-5-7-6-11-8-3-1-2-4-9(8)12-7;3-1(4)2(5)6/h1-4,7H,5-6,10H2;(H,3,4)(H,5,6). The maximum absolute atomic E-state index is 9.10. The molecule has 0 amide bonds. The number of nitrogens with two attached hydrogens (primary N) is 1. The van der Waals surface area contributed by atoms with Gasteiger partial charge in [-0.1, -0.05) is 12.1 Å². The first kappa shape index (κ1) is 13.8. The number of hydrogen-bond donors (Lipinski definition) is 3. The van der Waals surface area contributed by atoms with Gasteiger partial charge in [0.15, 0.2) is 11.5 Å². The average molecular weight is 255 g/mol. The van der Waals surface area contributed by atoms with Crippen molar-refractivity contribution in [2.75, 3.05) is 13.2 Å². The van der Waals surface area contributed by atoms with Gasteiger partial charge >= 0.3 is 11.9 Å². The van der Waals surface area contributed by atoms with Crippen molar-refractivity contribution < 1.29 is 29.3 Å². The molecular formula is C11H13NO6. The summed E-state index contributed by atoms with van der Waals surface area (Å²) in [5.74, 6) is -2.05. The molecule has 1 aromatic rings. The Morgan fingerprint density at radius 3 is 2.28 bits per heavy atom. The summed E-state index contributed by atoms with van der Waals surface area (Å²) in [5.41, 5.74) is 5.46. The molecule has 0 radical (unpaired) electrons. The summed E-state index contributed by atoms with van der Waals surface area (Å²) in [4.78, 5) is 18.2. The Balaban J connectivity index is 0.000000232. The van der Waals surface area contributed by atoms with Crippen LogP contribution in [-0.4, -0.2) is 41.4 Å². The molecule has 1 unspecified atom stereocenters. The first-order valence-electron chi connectivity index (χ1n) is 5.09. The maximum atomic E-state index is 9.10. The lowest BCUT2D eigenvalue weighted by Crippen LogP contribution is -2.35. The topological polar surface area (TPSA) is 119 Å². The maximum Gasteiger partial charge on any atom is 0.414 e. The summed E-state index contributed by atoms with van der Waals surface area (Å²) in [6.07, 6.45) is -0.0000926. The highest BCUT2D eigenvalue weighted by Gasteiger charge is 2.18. The fraction of sp³-hybridized carbons (Fsp3) is 0.273. The van der Waals surface area contributed by atoms with Crippen molar-refractivity contribution in [3.8, 4) is 11.5 Å². The Bertz CT molecular complexity index is 421. The van der Waals surface area contributed by atoms with Crippen molar-refractivity contribution in [2.24, 2.45) is 5.73 Å². The van der Waals surface area contributed by atoms with Gasteiger partial charge in [0.1, 0.15) is 12.7 Å². The smallest absolute Gasteiger partial charge is 0.414 e. The molecule has 0 aliphatic carbocycles. The van der Waals surface area contributed by atoms with Gasteiger partial charge in [-0.3, -0.25) is 0 Å². The highest BCUT2D eigenvalue weighted by molar-refractivity contribution is 6.27. The van der Waals surface area contributed by atoms with Crippen LogP contribution in [0.3, 0.4) is 0 Å². The predicted molar refractivity (Wildman–Crippen MR) is 60.7 cm³/mol. The molecule has 0 spiro atoms. The van der Waals surface area contributed by atoms with E-state index in [4.69, 9.17) is 35.0 Å². The highest BCUT2D eigenvalue weighted by Crippen LogP contribution is 2.30. The lowest BCUT2D eigenvalue weighted by molar-refractivity contribution is -0.159. The van der Waals surface area contributed by atoms with Crippen LogP contribution in [0.15, 0.2) is 24.3 Å². The monoisotopic (exact) mass is 255 g/mol. The summed E-state index contributed by atoms with van der Waals surface area (Å²) < 4.78 is 11.0. The zero-order valence-electron chi connectivity index (χ0n) is 9.41. The van der Waals surface area contributed by atoms with Crippen LogP contribution in [0.2, 0.25) is 0 Å². The van der Waals surface area contributed by atoms with E-state index in [0.29, 0.717) is 13.2 Å². The number of ether oxygens (including phenoxy) is 2. The summed E-state index contributed by atoms with van der Waals surface area (Å²) >= 11 is 0. The molecule has 7 heteroatoms. The summed E-state index contributed by atoms with van der Waals surface area (Å²) in [6.45, 7) is 1.04. The van der Waals surface area contributed by atoms with Crippen molar-refractivity contribution in [3.05, 3.63) is 24.3 Å². The molecule has 98 valence electrons. The molecule has 0 saturated carbocycles. The van der Waals surface area contributed by atoms with Gasteiger partial charge in [-0.2, -0.15) is 0 Å². The van der Waals surface area contributed by atoms with Crippen molar-refractivity contribution in [3.63, 3.8) is 0 Å². The molecule has 1 heterocycles. The number of hydrogen-bond acceptors (Lipinski definition) is 5. The second kappa shape index (κ2) is 6.45. The lowest BCUT2D eigenvalue weighted by Gasteiger charge is -2.25. The van der Waals surface area contributed by atoms with E-state index >= 15 is 0 Å². The van der Waals surface area contributed by atoms with Gasteiger partial charge in [-0.15, -0.1) is 0 Å². The molecule has 18 heavy (non-hydrogen) atoms. The quantitative estimate of drug-likeness (QED) is 0.601. The van der Waals surface area contributed by atoms with Crippen molar-refractivity contribution >= 4 is 11.9 Å². The van der Waals surface area contributed by atoms with Gasteiger partial charge in [0.25, 0.3) is 0 Å². The number of carbonyl (C=O) groups is 2. The van der Waals surface area contributed by atoms with Crippen molar-refractivity contribution in [2.45, 2.75) is 6.10 Å². The third kappa shape index (κ3) is 3.95. The van der Waals surface area contributed by atoms with Gasteiger partial charge in [0.2, 0.25) is 0 Å². The van der Waals surface area contributed by atoms with E-state index in [1.165, 1.54) is 0 Å². The Morgan fingerprint density at radius 1 is 1.22 bits per heavy atom. The number of fused-ring (bicyclic) bond motifs is 1. The number of carboxylic acids is 2. The van der Waals surface area contributed by atoms with Gasteiger partial charge in [-0.05, 0) is 12.1 Å². The minimum atomic E-state index is -1.82. The molecule has 0 saturated heterocycles. The van der Waals surface area contributed by atoms with E-state index in [2.05, 4.69) is 0 Å². The number of para-hydroxylation sites is 2. The van der Waals surface area contributed by atoms with E-state index in [0.717, 1.165) is 11.5 Å². The highest BCUT2D eigenvalue weighted by atomic mass is 16.6. The molecule has 0 bridgehead atoms. The van der Waals surface area contributed by atoms with Crippen LogP contribution in [0.4, 0.5) is 0 Å². The van der Waals surface area contributed by atoms with Crippen molar-refractivity contribution in [1.29, 1.82) is 0 Å². The molecule has 1 aliphatic rings. The molecular weight excluding hydrogens is 242 g/mol. The van der Waals surface area contributed by atoms with Crippen LogP contribution < -0.4 is 15.2 Å². The minimum Gasteiger partial charge on any atom is -0.486 e. The summed E-state index contributed by atoms with van der Waals surface area (Å²) in [5, 5.41) is 14.8. The van der Waals surface area contributed by atoms with Crippen LogP contribution in [0.5, 0.6) is 11.5 Å². The van der Waals surface area contributed by atoms with E-state index in [1.54, 1.807) is 0 Å². The largest absolute Gasteiger partial charge is 0.486 e. The minimum absolute atomic E-state index is 0.0000926. The second-order valence-corrected chi connectivity index (χ2v) is 3.34.